The van der Waals surface area contributed by atoms with Crippen molar-refractivity contribution in [2.24, 2.45) is 0 Å². The van der Waals surface area contributed by atoms with E-state index in [1.165, 1.54) is 0 Å². The molecule has 2 aromatic rings. The van der Waals surface area contributed by atoms with Crippen molar-refractivity contribution >= 4 is 17.6 Å². The maximum absolute atomic E-state index is 10.9. The molecule has 0 saturated carbocycles. The summed E-state index contributed by atoms with van der Waals surface area (Å²) in [6.07, 6.45) is 1.79. The van der Waals surface area contributed by atoms with Crippen LogP contribution in [-0.4, -0.2) is 14.2 Å². The molecule has 0 unspecified atom stereocenters. The molecule has 1 aliphatic heterocycles. The molecule has 3 rings (SSSR count). The molecule has 1 aromatic heterocycles. The third kappa shape index (κ3) is 2.52. The van der Waals surface area contributed by atoms with E-state index in [1.807, 2.05) is 24.3 Å². The van der Waals surface area contributed by atoms with E-state index in [2.05, 4.69) is 23.1 Å². The summed E-state index contributed by atoms with van der Waals surface area (Å²) in [5, 5.41) is 10.9. The van der Waals surface area contributed by atoms with Crippen molar-refractivity contribution in [2.75, 3.05) is 0 Å². The molecular formula is C15H15N3O2S. The average molecular weight is 301 g/mol. The number of aromatic nitrogens is 1. The Morgan fingerprint density at radius 3 is 2.81 bits per heavy atom. The second-order valence-corrected chi connectivity index (χ2v) is 6.51. The second kappa shape index (κ2) is 5.13. The van der Waals surface area contributed by atoms with Crippen LogP contribution in [0.1, 0.15) is 25.1 Å². The van der Waals surface area contributed by atoms with Crippen LogP contribution < -0.4 is 0 Å². The minimum atomic E-state index is -0.350. The van der Waals surface area contributed by atoms with Gasteiger partial charge in [0.2, 0.25) is 0 Å². The van der Waals surface area contributed by atoms with Crippen LogP contribution in [0.15, 0.2) is 47.5 Å². The van der Waals surface area contributed by atoms with E-state index in [9.17, 15) is 10.1 Å². The summed E-state index contributed by atoms with van der Waals surface area (Å²) in [6, 6.07) is 10.9. The fourth-order valence-corrected chi connectivity index (χ4v) is 3.49. The largest absolute Gasteiger partial charge is 0.269 e. The molecule has 6 heteroatoms. The van der Waals surface area contributed by atoms with Gasteiger partial charge in [-0.3, -0.25) is 15.1 Å². The van der Waals surface area contributed by atoms with Gasteiger partial charge in [0.1, 0.15) is 0 Å². The summed E-state index contributed by atoms with van der Waals surface area (Å²) in [5.74, 6) is 0. The van der Waals surface area contributed by atoms with Crippen LogP contribution >= 0.6 is 11.9 Å². The van der Waals surface area contributed by atoms with Crippen molar-refractivity contribution in [1.82, 2.24) is 9.29 Å². The second-order valence-electron chi connectivity index (χ2n) is 5.45. The van der Waals surface area contributed by atoms with Crippen molar-refractivity contribution in [3.63, 3.8) is 0 Å². The monoisotopic (exact) mass is 301 g/mol. The molecule has 0 N–H and O–H groups in total. The number of pyridine rings is 1. The predicted molar refractivity (Wildman–Crippen MR) is 81.8 cm³/mol. The summed E-state index contributed by atoms with van der Waals surface area (Å²) in [4.78, 5) is 16.0. The Balaban J connectivity index is 1.89. The maximum atomic E-state index is 10.9. The number of non-ortho nitro benzene ring substituents is 1. The smallest absolute Gasteiger partial charge is 0.259 e. The highest BCUT2D eigenvalue weighted by atomic mass is 32.2. The van der Waals surface area contributed by atoms with E-state index in [1.54, 1.807) is 30.3 Å². The summed E-state index contributed by atoms with van der Waals surface area (Å²) >= 11 is 1.63. The number of nitrogens with zero attached hydrogens (tertiary/aromatic N) is 3. The van der Waals surface area contributed by atoms with Crippen LogP contribution in [0.25, 0.3) is 0 Å². The van der Waals surface area contributed by atoms with Gasteiger partial charge in [-0.2, -0.15) is 0 Å². The molecule has 21 heavy (non-hydrogen) atoms. The molecule has 0 atom stereocenters. The molecule has 0 aliphatic carbocycles. The zero-order valence-electron chi connectivity index (χ0n) is 11.8. The molecule has 0 amide bonds. The van der Waals surface area contributed by atoms with Crippen LogP contribution in [-0.2, 0) is 12.1 Å². The van der Waals surface area contributed by atoms with E-state index >= 15 is 0 Å². The van der Waals surface area contributed by atoms with E-state index in [0.717, 1.165) is 16.2 Å². The average Bonchev–Trinajstić information content (AvgIpc) is 2.91. The van der Waals surface area contributed by atoms with Crippen molar-refractivity contribution < 1.29 is 4.92 Å². The van der Waals surface area contributed by atoms with Gasteiger partial charge in [-0.15, -0.1) is 0 Å². The summed E-state index contributed by atoms with van der Waals surface area (Å²) in [7, 11) is 0. The highest BCUT2D eigenvalue weighted by Crippen LogP contribution is 2.44. The number of fused-ring (bicyclic) bond motifs is 1. The molecule has 108 valence electrons. The van der Waals surface area contributed by atoms with Crippen molar-refractivity contribution in [1.29, 1.82) is 0 Å². The van der Waals surface area contributed by atoms with Crippen LogP contribution in [0.3, 0.4) is 0 Å². The molecule has 0 fully saturated rings. The van der Waals surface area contributed by atoms with Gasteiger partial charge in [-0.25, -0.2) is 4.31 Å². The molecule has 0 saturated heterocycles. The molecule has 0 radical (unpaired) electrons. The van der Waals surface area contributed by atoms with Crippen LogP contribution in [0.5, 0.6) is 0 Å². The topological polar surface area (TPSA) is 59.3 Å². The van der Waals surface area contributed by atoms with Gasteiger partial charge < -0.3 is 0 Å². The van der Waals surface area contributed by atoms with E-state index in [0.29, 0.717) is 6.54 Å². The number of hydrogen-bond donors (Lipinski definition) is 0. The summed E-state index contributed by atoms with van der Waals surface area (Å²) in [5.41, 5.74) is 1.88. The van der Waals surface area contributed by atoms with Crippen LogP contribution in [0.4, 0.5) is 5.69 Å². The highest BCUT2D eigenvalue weighted by molar-refractivity contribution is 7.97. The first-order chi connectivity index (χ1) is 9.98. The minimum absolute atomic E-state index is 0.145. The lowest BCUT2D eigenvalue weighted by molar-refractivity contribution is -0.385. The lowest BCUT2D eigenvalue weighted by Crippen LogP contribution is -2.34. The van der Waals surface area contributed by atoms with Crippen molar-refractivity contribution in [3.05, 3.63) is 64.0 Å². The number of nitro benzene ring substituents is 1. The Labute approximate surface area is 127 Å². The van der Waals surface area contributed by atoms with Crippen molar-refractivity contribution in [2.45, 2.75) is 30.8 Å². The molecule has 0 bridgehead atoms. The van der Waals surface area contributed by atoms with Gasteiger partial charge in [0.05, 0.1) is 16.2 Å². The number of rotatable bonds is 3. The maximum Gasteiger partial charge on any atom is 0.269 e. The first-order valence-electron chi connectivity index (χ1n) is 6.63. The Kier molecular flexibility index (Phi) is 3.43. The number of nitro groups is 1. The lowest BCUT2D eigenvalue weighted by Gasteiger charge is -2.33. The van der Waals surface area contributed by atoms with E-state index < -0.39 is 0 Å². The quantitative estimate of drug-likeness (QED) is 0.491. The Hall–Kier alpha value is -1.92. The number of hydrogen-bond acceptors (Lipinski definition) is 5. The standard InChI is InChI=1S/C15H15N3O2S/c1-15(2,14-5-3-4-8-16-14)17-10-11-9-12(18(19)20)6-7-13(11)21-17/h3-9H,10H2,1-2H3. The van der Waals surface area contributed by atoms with Gasteiger partial charge >= 0.3 is 0 Å². The fourth-order valence-electron chi connectivity index (χ4n) is 2.36. The third-order valence-electron chi connectivity index (χ3n) is 3.69. The van der Waals surface area contributed by atoms with E-state index in [4.69, 9.17) is 0 Å². The number of benzene rings is 1. The van der Waals surface area contributed by atoms with Gasteiger partial charge in [-0.05, 0) is 49.6 Å². The summed E-state index contributed by atoms with van der Waals surface area (Å²) < 4.78 is 2.21. The first-order valence-corrected chi connectivity index (χ1v) is 7.40. The van der Waals surface area contributed by atoms with Gasteiger partial charge in [0.25, 0.3) is 5.69 Å². The highest BCUT2D eigenvalue weighted by Gasteiger charge is 2.35. The minimum Gasteiger partial charge on any atom is -0.259 e. The van der Waals surface area contributed by atoms with E-state index in [-0.39, 0.29) is 16.1 Å². The van der Waals surface area contributed by atoms with Crippen LogP contribution in [0.2, 0.25) is 0 Å². The van der Waals surface area contributed by atoms with Gasteiger partial charge in [0.15, 0.2) is 0 Å². The first kappa shape index (κ1) is 14.0. The SMILES string of the molecule is CC(C)(c1ccccn1)N1Cc2cc([N+](=O)[O-])ccc2S1. The Morgan fingerprint density at radius 1 is 1.33 bits per heavy atom. The molecule has 2 heterocycles. The zero-order valence-corrected chi connectivity index (χ0v) is 12.6. The lowest BCUT2D eigenvalue weighted by atomic mass is 9.99. The normalized spacial score (nSPS) is 15.0. The molecule has 0 spiro atoms. The molecule has 1 aromatic carbocycles. The van der Waals surface area contributed by atoms with Gasteiger partial charge in [-0.1, -0.05) is 6.07 Å². The van der Waals surface area contributed by atoms with Gasteiger partial charge in [0, 0.05) is 29.8 Å². The molecule has 1 aliphatic rings. The zero-order chi connectivity index (χ0) is 15.0. The van der Waals surface area contributed by atoms with Crippen LogP contribution in [0, 0.1) is 10.1 Å². The van der Waals surface area contributed by atoms with Crippen molar-refractivity contribution in [3.8, 4) is 0 Å². The molecular weight excluding hydrogens is 286 g/mol. The Bertz CT molecular complexity index is 689. The summed E-state index contributed by atoms with van der Waals surface area (Å²) in [6.45, 7) is 4.90. The third-order valence-corrected chi connectivity index (χ3v) is 5.09. The predicted octanol–water partition coefficient (Wildman–Crippen LogP) is 3.75. The Morgan fingerprint density at radius 2 is 2.14 bits per heavy atom. The molecule has 5 nitrogen and oxygen atoms in total. The fraction of sp³-hybridized carbons (Fsp3) is 0.267.